The summed E-state index contributed by atoms with van der Waals surface area (Å²) in [5.74, 6) is 0.0253. The van der Waals surface area contributed by atoms with Crippen LogP contribution in [0.25, 0.3) is 0 Å². The van der Waals surface area contributed by atoms with Crippen LogP contribution in [0.2, 0.25) is 0 Å². The third-order valence-corrected chi connectivity index (χ3v) is 4.95. The predicted octanol–water partition coefficient (Wildman–Crippen LogP) is 6.36. The van der Waals surface area contributed by atoms with Crippen LogP contribution >= 0.6 is 0 Å². The summed E-state index contributed by atoms with van der Waals surface area (Å²) >= 11 is 0. The van der Waals surface area contributed by atoms with Crippen LogP contribution in [0.15, 0.2) is 12.2 Å². The molecule has 3 nitrogen and oxygen atoms in total. The van der Waals surface area contributed by atoms with Gasteiger partial charge in [-0.3, -0.25) is 9.59 Å². The molecule has 144 valence electrons. The summed E-state index contributed by atoms with van der Waals surface area (Å²) < 4.78 is 4.57. The summed E-state index contributed by atoms with van der Waals surface area (Å²) in [7, 11) is 0. The van der Waals surface area contributed by atoms with Crippen molar-refractivity contribution in [2.45, 2.75) is 104 Å². The van der Waals surface area contributed by atoms with Gasteiger partial charge in [0, 0.05) is 0 Å². The second kappa shape index (κ2) is 14.1. The molecule has 0 N–H and O–H groups in total. The minimum Gasteiger partial charge on any atom is -0.393 e. The summed E-state index contributed by atoms with van der Waals surface area (Å²) in [6.45, 7) is 4.60. The maximum absolute atomic E-state index is 11.3. The van der Waals surface area contributed by atoms with Crippen LogP contribution in [0.3, 0.4) is 0 Å². The van der Waals surface area contributed by atoms with Crippen LogP contribution in [0.5, 0.6) is 0 Å². The molecule has 0 saturated carbocycles. The standard InChI is InChI=1S/C22H38O3/c1-19(2)16-14-12-10-8-6-4-3-5-7-9-11-13-15-17-20-18-21(23)25-22(20)24/h4,6,19-20H,3,5,7-18H2,1-2H3. The van der Waals surface area contributed by atoms with Gasteiger partial charge < -0.3 is 4.74 Å². The van der Waals surface area contributed by atoms with E-state index in [0.717, 1.165) is 25.2 Å². The summed E-state index contributed by atoms with van der Waals surface area (Å²) in [6, 6.07) is 0. The topological polar surface area (TPSA) is 43.4 Å². The Bertz CT molecular complexity index is 398. The van der Waals surface area contributed by atoms with Gasteiger partial charge in [-0.05, 0) is 38.0 Å². The van der Waals surface area contributed by atoms with Gasteiger partial charge in [0.25, 0.3) is 0 Å². The van der Waals surface area contributed by atoms with Gasteiger partial charge in [0.1, 0.15) is 0 Å². The smallest absolute Gasteiger partial charge is 0.317 e. The lowest BCUT2D eigenvalue weighted by atomic mass is 9.99. The number of allylic oxidation sites excluding steroid dienone is 2. The number of ether oxygens (including phenoxy) is 1. The number of hydrogen-bond donors (Lipinski definition) is 0. The molecule has 0 amide bonds. The number of cyclic esters (lactones) is 2. The van der Waals surface area contributed by atoms with E-state index in [9.17, 15) is 9.59 Å². The molecule has 1 fully saturated rings. The van der Waals surface area contributed by atoms with E-state index in [1.54, 1.807) is 0 Å². The molecule has 0 aromatic rings. The van der Waals surface area contributed by atoms with Crippen LogP contribution in [0.1, 0.15) is 104 Å². The van der Waals surface area contributed by atoms with E-state index in [4.69, 9.17) is 0 Å². The molecule has 1 unspecified atom stereocenters. The van der Waals surface area contributed by atoms with Crippen LogP contribution in [-0.4, -0.2) is 11.9 Å². The van der Waals surface area contributed by atoms with E-state index in [-0.39, 0.29) is 17.9 Å². The average Bonchev–Trinajstić information content (AvgIpc) is 2.88. The van der Waals surface area contributed by atoms with E-state index < -0.39 is 0 Å². The van der Waals surface area contributed by atoms with Gasteiger partial charge in [0.2, 0.25) is 0 Å². The fourth-order valence-corrected chi connectivity index (χ4v) is 3.33. The molecule has 1 aliphatic rings. The van der Waals surface area contributed by atoms with Crippen molar-refractivity contribution in [1.82, 2.24) is 0 Å². The molecule has 3 heteroatoms. The number of rotatable bonds is 15. The van der Waals surface area contributed by atoms with Crippen molar-refractivity contribution in [3.05, 3.63) is 12.2 Å². The van der Waals surface area contributed by atoms with Gasteiger partial charge in [0.15, 0.2) is 0 Å². The number of carbonyl (C=O) groups is 2. The molecule has 1 atom stereocenters. The number of esters is 2. The molecule has 1 aliphatic heterocycles. The van der Waals surface area contributed by atoms with E-state index in [1.807, 2.05) is 0 Å². The Kier molecular flexibility index (Phi) is 12.4. The first-order chi connectivity index (χ1) is 12.1. The molecular weight excluding hydrogens is 312 g/mol. The minimum absolute atomic E-state index is 0.164. The predicted molar refractivity (Wildman–Crippen MR) is 103 cm³/mol. The van der Waals surface area contributed by atoms with E-state index in [0.29, 0.717) is 6.42 Å². The van der Waals surface area contributed by atoms with Crippen molar-refractivity contribution in [3.8, 4) is 0 Å². The SMILES string of the molecule is CC(C)CCCCCC=CCCCCCCCCC1CC(=O)OC1=O. The van der Waals surface area contributed by atoms with Gasteiger partial charge in [-0.1, -0.05) is 77.4 Å². The molecular formula is C22H38O3. The summed E-state index contributed by atoms with van der Waals surface area (Å²) in [5.41, 5.74) is 0. The summed E-state index contributed by atoms with van der Waals surface area (Å²) in [4.78, 5) is 22.3. The maximum Gasteiger partial charge on any atom is 0.317 e. The van der Waals surface area contributed by atoms with E-state index in [1.165, 1.54) is 64.2 Å². The third-order valence-electron chi connectivity index (χ3n) is 4.95. The largest absolute Gasteiger partial charge is 0.393 e. The van der Waals surface area contributed by atoms with E-state index in [2.05, 4.69) is 30.7 Å². The summed E-state index contributed by atoms with van der Waals surface area (Å²) in [5, 5.41) is 0. The first kappa shape index (κ1) is 21.9. The van der Waals surface area contributed by atoms with Gasteiger partial charge in [-0.15, -0.1) is 0 Å². The Morgan fingerprint density at radius 3 is 2.00 bits per heavy atom. The third kappa shape index (κ3) is 12.0. The Morgan fingerprint density at radius 2 is 1.44 bits per heavy atom. The van der Waals surface area contributed by atoms with Crippen molar-refractivity contribution in [3.63, 3.8) is 0 Å². The van der Waals surface area contributed by atoms with Crippen molar-refractivity contribution in [2.75, 3.05) is 0 Å². The van der Waals surface area contributed by atoms with Gasteiger partial charge in [-0.2, -0.15) is 0 Å². The molecule has 0 radical (unpaired) electrons. The first-order valence-electron chi connectivity index (χ1n) is 10.5. The lowest BCUT2D eigenvalue weighted by Gasteiger charge is -2.04. The van der Waals surface area contributed by atoms with Crippen LogP contribution in [0.4, 0.5) is 0 Å². The van der Waals surface area contributed by atoms with Crippen molar-refractivity contribution in [1.29, 1.82) is 0 Å². The van der Waals surface area contributed by atoms with Crippen molar-refractivity contribution in [2.24, 2.45) is 11.8 Å². The molecule has 25 heavy (non-hydrogen) atoms. The second-order valence-corrected chi connectivity index (χ2v) is 7.90. The Morgan fingerprint density at radius 1 is 0.880 bits per heavy atom. The lowest BCUT2D eigenvalue weighted by molar-refractivity contribution is -0.153. The zero-order valence-electron chi connectivity index (χ0n) is 16.4. The fraction of sp³-hybridized carbons (Fsp3) is 0.818. The zero-order valence-corrected chi connectivity index (χ0v) is 16.4. The quantitative estimate of drug-likeness (QED) is 0.149. The molecule has 1 saturated heterocycles. The fourth-order valence-electron chi connectivity index (χ4n) is 3.33. The normalized spacial score (nSPS) is 17.8. The van der Waals surface area contributed by atoms with E-state index >= 15 is 0 Å². The van der Waals surface area contributed by atoms with Crippen LogP contribution in [-0.2, 0) is 14.3 Å². The molecule has 0 aromatic carbocycles. The van der Waals surface area contributed by atoms with Crippen molar-refractivity contribution < 1.29 is 14.3 Å². The Balaban J connectivity index is 1.79. The van der Waals surface area contributed by atoms with Gasteiger partial charge in [0.05, 0.1) is 12.3 Å². The molecule has 0 bridgehead atoms. The van der Waals surface area contributed by atoms with Crippen LogP contribution < -0.4 is 0 Å². The highest BCUT2D eigenvalue weighted by Gasteiger charge is 2.32. The first-order valence-corrected chi connectivity index (χ1v) is 10.5. The maximum atomic E-state index is 11.3. The monoisotopic (exact) mass is 350 g/mol. The summed E-state index contributed by atoms with van der Waals surface area (Å²) in [6.07, 6.45) is 21.0. The van der Waals surface area contributed by atoms with Gasteiger partial charge >= 0.3 is 11.9 Å². The Hall–Kier alpha value is -1.12. The number of hydrogen-bond acceptors (Lipinski definition) is 3. The molecule has 0 aromatic heterocycles. The number of unbranched alkanes of at least 4 members (excludes halogenated alkanes) is 9. The highest BCUT2D eigenvalue weighted by Crippen LogP contribution is 2.22. The highest BCUT2D eigenvalue weighted by atomic mass is 16.6. The highest BCUT2D eigenvalue weighted by molar-refractivity contribution is 5.94. The molecule has 0 aliphatic carbocycles. The molecule has 0 spiro atoms. The second-order valence-electron chi connectivity index (χ2n) is 7.90. The molecule has 1 heterocycles. The van der Waals surface area contributed by atoms with Gasteiger partial charge in [-0.25, -0.2) is 0 Å². The lowest BCUT2D eigenvalue weighted by Crippen LogP contribution is -2.06. The number of carbonyl (C=O) groups excluding carboxylic acids is 2. The van der Waals surface area contributed by atoms with Crippen LogP contribution in [0, 0.1) is 11.8 Å². The Labute approximate surface area is 154 Å². The van der Waals surface area contributed by atoms with Crippen molar-refractivity contribution >= 4 is 11.9 Å². The molecule has 1 rings (SSSR count). The zero-order chi connectivity index (χ0) is 18.3. The average molecular weight is 351 g/mol. The minimum atomic E-state index is -0.349.